The number of rotatable bonds is 6. The monoisotopic (exact) mass is 288 g/mol. The van der Waals surface area contributed by atoms with E-state index in [1.807, 2.05) is 6.92 Å². The third kappa shape index (κ3) is 3.68. The minimum Gasteiger partial charge on any atom is -0.439 e. The summed E-state index contributed by atoms with van der Waals surface area (Å²) in [5, 5.41) is 9.04. The Labute approximate surface area is 124 Å². The van der Waals surface area contributed by atoms with Crippen LogP contribution < -0.4 is 16.0 Å². The quantitative estimate of drug-likeness (QED) is 0.558. The maximum Gasteiger partial charge on any atom is 0.227 e. The molecule has 0 amide bonds. The Morgan fingerprint density at radius 2 is 1.95 bits per heavy atom. The lowest BCUT2D eigenvalue weighted by Crippen LogP contribution is -2.13. The molecule has 0 aliphatic rings. The van der Waals surface area contributed by atoms with Crippen LogP contribution in [-0.4, -0.2) is 15.1 Å². The second-order valence-corrected chi connectivity index (χ2v) is 4.72. The number of nitrogens with one attached hydrogen (secondary N) is 1. The van der Waals surface area contributed by atoms with Gasteiger partial charge in [-0.05, 0) is 31.0 Å². The molecule has 0 saturated heterocycles. The Kier molecular flexibility index (Phi) is 5.08. The second kappa shape index (κ2) is 7.01. The molecular formula is C15H20N4O2. The molecule has 2 rings (SSSR count). The lowest BCUT2D eigenvalue weighted by molar-refractivity contribution is 0.281. The smallest absolute Gasteiger partial charge is 0.227 e. The number of anilines is 1. The second-order valence-electron chi connectivity index (χ2n) is 4.72. The van der Waals surface area contributed by atoms with Gasteiger partial charge in [0, 0.05) is 6.42 Å². The average molecular weight is 288 g/mol. The number of benzene rings is 1. The molecule has 0 bridgehead atoms. The Morgan fingerprint density at radius 3 is 2.52 bits per heavy atom. The number of hydrogen-bond acceptors (Lipinski definition) is 6. The van der Waals surface area contributed by atoms with Gasteiger partial charge in [-0.15, -0.1) is 0 Å². The normalized spacial score (nSPS) is 10.5. The van der Waals surface area contributed by atoms with Crippen molar-refractivity contribution < 1.29 is 9.84 Å². The molecule has 2 aromatic rings. The molecule has 0 radical (unpaired) electrons. The number of nitrogen functional groups attached to an aromatic ring is 1. The minimum atomic E-state index is 0.00864. The van der Waals surface area contributed by atoms with Gasteiger partial charge in [0.2, 0.25) is 5.88 Å². The van der Waals surface area contributed by atoms with Gasteiger partial charge < -0.3 is 15.3 Å². The van der Waals surface area contributed by atoms with Crippen LogP contribution in [0.15, 0.2) is 24.3 Å². The summed E-state index contributed by atoms with van der Waals surface area (Å²) >= 11 is 0. The van der Waals surface area contributed by atoms with E-state index >= 15 is 0 Å². The Balaban J connectivity index is 2.30. The van der Waals surface area contributed by atoms with Gasteiger partial charge in [-0.3, -0.25) is 0 Å². The number of nitrogens with two attached hydrogens (primary N) is 1. The average Bonchev–Trinajstić information content (AvgIpc) is 2.51. The zero-order valence-corrected chi connectivity index (χ0v) is 12.3. The number of aliphatic hydroxyl groups excluding tert-OH is 1. The van der Waals surface area contributed by atoms with Crippen LogP contribution in [0.1, 0.15) is 30.3 Å². The SMILES string of the molecule is CCCc1nc(NN)c(C)c(Oc2ccc(CO)cc2)n1. The third-order valence-corrected chi connectivity index (χ3v) is 3.08. The van der Waals surface area contributed by atoms with E-state index in [0.717, 1.165) is 24.0 Å². The molecular weight excluding hydrogens is 268 g/mol. The maximum atomic E-state index is 9.04. The first-order valence-electron chi connectivity index (χ1n) is 6.89. The molecule has 0 aliphatic carbocycles. The number of aromatic nitrogens is 2. The molecule has 112 valence electrons. The van der Waals surface area contributed by atoms with Crippen LogP contribution >= 0.6 is 0 Å². The van der Waals surface area contributed by atoms with Crippen molar-refractivity contribution in [1.29, 1.82) is 0 Å². The number of nitrogens with zero attached hydrogens (tertiary/aromatic N) is 2. The summed E-state index contributed by atoms with van der Waals surface area (Å²) in [5.74, 6) is 7.89. The van der Waals surface area contributed by atoms with E-state index in [4.69, 9.17) is 15.7 Å². The van der Waals surface area contributed by atoms with Crippen LogP contribution in [0.5, 0.6) is 11.6 Å². The van der Waals surface area contributed by atoms with Gasteiger partial charge in [-0.2, -0.15) is 4.98 Å². The van der Waals surface area contributed by atoms with Crippen molar-refractivity contribution in [3.05, 3.63) is 41.2 Å². The molecule has 0 atom stereocenters. The predicted octanol–water partition coefficient (Wildman–Crippen LogP) is 2.31. The summed E-state index contributed by atoms with van der Waals surface area (Å²) in [6, 6.07) is 7.20. The first-order chi connectivity index (χ1) is 10.2. The Bertz CT molecular complexity index is 599. The molecule has 0 spiro atoms. The molecule has 6 heteroatoms. The summed E-state index contributed by atoms with van der Waals surface area (Å²) in [7, 11) is 0. The third-order valence-electron chi connectivity index (χ3n) is 3.08. The summed E-state index contributed by atoms with van der Waals surface area (Å²) in [6.45, 7) is 3.92. The first kappa shape index (κ1) is 15.2. The van der Waals surface area contributed by atoms with Crippen molar-refractivity contribution in [3.8, 4) is 11.6 Å². The molecule has 1 heterocycles. The molecule has 1 aromatic carbocycles. The van der Waals surface area contributed by atoms with Crippen molar-refractivity contribution >= 4 is 5.82 Å². The van der Waals surface area contributed by atoms with Crippen molar-refractivity contribution in [3.63, 3.8) is 0 Å². The van der Waals surface area contributed by atoms with Crippen LogP contribution in [-0.2, 0) is 13.0 Å². The van der Waals surface area contributed by atoms with E-state index in [0.29, 0.717) is 23.3 Å². The van der Waals surface area contributed by atoms with E-state index in [2.05, 4.69) is 22.3 Å². The van der Waals surface area contributed by atoms with E-state index in [9.17, 15) is 0 Å². The van der Waals surface area contributed by atoms with E-state index < -0.39 is 0 Å². The highest BCUT2D eigenvalue weighted by Crippen LogP contribution is 2.27. The van der Waals surface area contributed by atoms with Crippen molar-refractivity contribution in [2.45, 2.75) is 33.3 Å². The van der Waals surface area contributed by atoms with Gasteiger partial charge in [0.25, 0.3) is 0 Å². The van der Waals surface area contributed by atoms with E-state index in [1.54, 1.807) is 24.3 Å². The number of hydrazine groups is 1. The fraction of sp³-hybridized carbons (Fsp3) is 0.333. The zero-order chi connectivity index (χ0) is 15.2. The van der Waals surface area contributed by atoms with Gasteiger partial charge in [-0.1, -0.05) is 19.1 Å². The Morgan fingerprint density at radius 1 is 1.24 bits per heavy atom. The highest BCUT2D eigenvalue weighted by molar-refractivity contribution is 5.48. The van der Waals surface area contributed by atoms with Crippen molar-refractivity contribution in [2.24, 2.45) is 5.84 Å². The molecule has 0 aliphatic heterocycles. The molecule has 1 aromatic heterocycles. The number of ether oxygens (including phenoxy) is 1. The maximum absolute atomic E-state index is 9.04. The highest BCUT2D eigenvalue weighted by Gasteiger charge is 2.12. The van der Waals surface area contributed by atoms with Crippen LogP contribution in [0.4, 0.5) is 5.82 Å². The number of aryl methyl sites for hydroxylation is 1. The van der Waals surface area contributed by atoms with Crippen molar-refractivity contribution in [2.75, 3.05) is 5.43 Å². The number of hydrogen-bond donors (Lipinski definition) is 3. The fourth-order valence-corrected chi connectivity index (χ4v) is 1.89. The molecule has 0 unspecified atom stereocenters. The summed E-state index contributed by atoms with van der Waals surface area (Å²) in [6.07, 6.45) is 1.70. The number of aliphatic hydroxyl groups is 1. The van der Waals surface area contributed by atoms with Crippen LogP contribution in [0.25, 0.3) is 0 Å². The fourth-order valence-electron chi connectivity index (χ4n) is 1.89. The van der Waals surface area contributed by atoms with Crippen LogP contribution in [0.3, 0.4) is 0 Å². The summed E-state index contributed by atoms with van der Waals surface area (Å²) in [5.41, 5.74) is 4.16. The zero-order valence-electron chi connectivity index (χ0n) is 12.3. The summed E-state index contributed by atoms with van der Waals surface area (Å²) < 4.78 is 5.81. The highest BCUT2D eigenvalue weighted by atomic mass is 16.5. The van der Waals surface area contributed by atoms with E-state index in [-0.39, 0.29) is 6.61 Å². The van der Waals surface area contributed by atoms with Gasteiger partial charge in [0.05, 0.1) is 12.2 Å². The molecule has 6 nitrogen and oxygen atoms in total. The molecule has 21 heavy (non-hydrogen) atoms. The topological polar surface area (TPSA) is 93.3 Å². The van der Waals surface area contributed by atoms with Gasteiger partial charge in [0.1, 0.15) is 17.4 Å². The van der Waals surface area contributed by atoms with E-state index in [1.165, 1.54) is 0 Å². The Hall–Kier alpha value is -2.18. The van der Waals surface area contributed by atoms with Crippen LogP contribution in [0, 0.1) is 6.92 Å². The minimum absolute atomic E-state index is 0.00864. The first-order valence-corrected chi connectivity index (χ1v) is 6.89. The lowest BCUT2D eigenvalue weighted by Gasteiger charge is -2.12. The standard InChI is InChI=1S/C15H20N4O2/c1-3-4-13-17-14(19-16)10(2)15(18-13)21-12-7-5-11(9-20)6-8-12/h5-8,20H,3-4,9,16H2,1-2H3,(H,17,18,19). The molecule has 0 saturated carbocycles. The predicted molar refractivity (Wildman–Crippen MR) is 81.0 cm³/mol. The van der Waals surface area contributed by atoms with Crippen molar-refractivity contribution in [1.82, 2.24) is 9.97 Å². The van der Waals surface area contributed by atoms with Crippen LogP contribution in [0.2, 0.25) is 0 Å². The van der Waals surface area contributed by atoms with Gasteiger partial charge in [-0.25, -0.2) is 10.8 Å². The van der Waals surface area contributed by atoms with Gasteiger partial charge in [0.15, 0.2) is 0 Å². The molecule has 0 fully saturated rings. The largest absolute Gasteiger partial charge is 0.439 e. The molecule has 4 N–H and O–H groups in total. The lowest BCUT2D eigenvalue weighted by atomic mass is 10.2. The summed E-state index contributed by atoms with van der Waals surface area (Å²) in [4.78, 5) is 8.78. The van der Waals surface area contributed by atoms with Gasteiger partial charge >= 0.3 is 0 Å².